The van der Waals surface area contributed by atoms with E-state index in [1.54, 1.807) is 26.0 Å². The molecular weight excluding hydrogens is 512 g/mol. The number of ether oxygens (including phenoxy) is 5. The minimum absolute atomic E-state index is 0.0329. The molecule has 2 rings (SSSR count). The molecule has 0 amide bonds. The maximum Gasteiger partial charge on any atom is 0.332 e. The van der Waals surface area contributed by atoms with Gasteiger partial charge in [0.2, 0.25) is 0 Å². The Labute approximate surface area is 226 Å². The SMILES string of the molecule is CCOC(=O)COCCN(CCOCC(=O)OCC)c1ccc(N=Nc2ccc([N+](=O)[O-])cc2)cc1OCC. The fourth-order valence-corrected chi connectivity index (χ4v) is 3.27. The molecule has 0 aliphatic rings. The Balaban J connectivity index is 2.15. The summed E-state index contributed by atoms with van der Waals surface area (Å²) in [5, 5.41) is 19.2. The van der Waals surface area contributed by atoms with Crippen molar-refractivity contribution < 1.29 is 38.2 Å². The highest BCUT2D eigenvalue weighted by Crippen LogP contribution is 2.33. The molecule has 0 N–H and O–H groups in total. The van der Waals surface area contributed by atoms with Crippen LogP contribution in [0.25, 0.3) is 0 Å². The number of nitro groups is 1. The summed E-state index contributed by atoms with van der Waals surface area (Å²) >= 11 is 0. The lowest BCUT2D eigenvalue weighted by molar-refractivity contribution is -0.384. The van der Waals surface area contributed by atoms with Crippen molar-refractivity contribution >= 4 is 34.7 Å². The van der Waals surface area contributed by atoms with Crippen molar-refractivity contribution in [2.75, 3.05) is 64.2 Å². The molecule has 0 atom stereocenters. The Morgan fingerprint density at radius 3 is 1.87 bits per heavy atom. The van der Waals surface area contributed by atoms with Crippen LogP contribution in [0.3, 0.4) is 0 Å². The molecular formula is C26H34N4O9. The molecule has 13 heteroatoms. The fraction of sp³-hybridized carbons (Fsp3) is 0.462. The van der Waals surface area contributed by atoms with Crippen molar-refractivity contribution in [1.82, 2.24) is 0 Å². The third-order valence-corrected chi connectivity index (χ3v) is 4.99. The van der Waals surface area contributed by atoms with Gasteiger partial charge >= 0.3 is 11.9 Å². The summed E-state index contributed by atoms with van der Waals surface area (Å²) in [6.45, 7) is 7.15. The van der Waals surface area contributed by atoms with Crippen molar-refractivity contribution in [1.29, 1.82) is 0 Å². The van der Waals surface area contributed by atoms with Gasteiger partial charge in [0, 0.05) is 31.3 Å². The molecule has 0 fully saturated rings. The maximum absolute atomic E-state index is 11.6. The van der Waals surface area contributed by atoms with E-state index >= 15 is 0 Å². The Morgan fingerprint density at radius 2 is 1.36 bits per heavy atom. The molecule has 212 valence electrons. The van der Waals surface area contributed by atoms with Gasteiger partial charge in [-0.1, -0.05) is 0 Å². The van der Waals surface area contributed by atoms with Crippen LogP contribution in [0.5, 0.6) is 5.75 Å². The number of hydrogen-bond donors (Lipinski definition) is 0. The van der Waals surface area contributed by atoms with Gasteiger partial charge in [-0.15, -0.1) is 0 Å². The van der Waals surface area contributed by atoms with E-state index in [1.165, 1.54) is 24.3 Å². The standard InChI is InChI=1S/C26H34N4O9/c1-4-37-24-17-21(28-27-20-7-10-22(11-8-20)30(33)34)9-12-23(24)29(13-15-35-18-25(31)38-5-2)14-16-36-19-26(32)39-6-3/h7-12,17H,4-6,13-16,18-19H2,1-3H3. The van der Waals surface area contributed by atoms with E-state index in [4.69, 9.17) is 23.7 Å². The van der Waals surface area contributed by atoms with Crippen LogP contribution < -0.4 is 9.64 Å². The van der Waals surface area contributed by atoms with Crippen molar-refractivity contribution in [2.45, 2.75) is 20.8 Å². The molecule has 0 unspecified atom stereocenters. The fourth-order valence-electron chi connectivity index (χ4n) is 3.27. The molecule has 13 nitrogen and oxygen atoms in total. The summed E-state index contributed by atoms with van der Waals surface area (Å²) in [4.78, 5) is 35.5. The Morgan fingerprint density at radius 1 is 0.821 bits per heavy atom. The Bertz CT molecular complexity index is 1070. The second-order valence-corrected chi connectivity index (χ2v) is 7.76. The molecule has 39 heavy (non-hydrogen) atoms. The van der Waals surface area contributed by atoms with Gasteiger partial charge in [-0.3, -0.25) is 10.1 Å². The molecule has 0 aliphatic carbocycles. The highest BCUT2D eigenvalue weighted by atomic mass is 16.6. The number of hydrogen-bond acceptors (Lipinski definition) is 12. The van der Waals surface area contributed by atoms with Gasteiger partial charge in [0.05, 0.1) is 55.0 Å². The summed E-state index contributed by atoms with van der Waals surface area (Å²) in [6, 6.07) is 11.0. The lowest BCUT2D eigenvalue weighted by Gasteiger charge is -2.27. The van der Waals surface area contributed by atoms with Gasteiger partial charge in [0.1, 0.15) is 19.0 Å². The monoisotopic (exact) mass is 546 g/mol. The summed E-state index contributed by atoms with van der Waals surface area (Å²) in [5.74, 6) is -0.354. The number of nitro benzene ring substituents is 1. The number of rotatable bonds is 18. The molecule has 0 spiro atoms. The van der Waals surface area contributed by atoms with Crippen LogP contribution in [0.4, 0.5) is 22.7 Å². The average Bonchev–Trinajstić information content (AvgIpc) is 2.92. The van der Waals surface area contributed by atoms with Gasteiger partial charge in [0.25, 0.3) is 5.69 Å². The van der Waals surface area contributed by atoms with Crippen LogP contribution in [0, 0.1) is 10.1 Å². The van der Waals surface area contributed by atoms with Gasteiger partial charge in [-0.25, -0.2) is 9.59 Å². The third-order valence-electron chi connectivity index (χ3n) is 4.99. The minimum Gasteiger partial charge on any atom is -0.492 e. The van der Waals surface area contributed by atoms with Gasteiger partial charge in [0.15, 0.2) is 0 Å². The van der Waals surface area contributed by atoms with Crippen molar-refractivity contribution in [3.05, 3.63) is 52.6 Å². The predicted octanol–water partition coefficient (Wildman–Crippen LogP) is 4.37. The van der Waals surface area contributed by atoms with Gasteiger partial charge < -0.3 is 28.6 Å². The Kier molecular flexibility index (Phi) is 13.9. The first-order valence-corrected chi connectivity index (χ1v) is 12.5. The van der Waals surface area contributed by atoms with E-state index in [9.17, 15) is 19.7 Å². The van der Waals surface area contributed by atoms with E-state index in [-0.39, 0.29) is 45.3 Å². The lowest BCUT2D eigenvalue weighted by atomic mass is 10.2. The summed E-state index contributed by atoms with van der Waals surface area (Å²) in [6.07, 6.45) is 0. The maximum atomic E-state index is 11.6. The lowest BCUT2D eigenvalue weighted by Crippen LogP contribution is -2.32. The number of anilines is 1. The quantitative estimate of drug-likeness (QED) is 0.0866. The van der Waals surface area contributed by atoms with Crippen molar-refractivity contribution in [3.8, 4) is 5.75 Å². The number of benzene rings is 2. The normalized spacial score (nSPS) is 10.8. The molecule has 2 aromatic carbocycles. The number of carbonyl (C=O) groups excluding carboxylic acids is 2. The van der Waals surface area contributed by atoms with Crippen LogP contribution in [0.1, 0.15) is 20.8 Å². The zero-order valence-corrected chi connectivity index (χ0v) is 22.4. The molecule has 0 aliphatic heterocycles. The third kappa shape index (κ3) is 11.4. The summed E-state index contributed by atoms with van der Waals surface area (Å²) in [7, 11) is 0. The average molecular weight is 547 g/mol. The largest absolute Gasteiger partial charge is 0.492 e. The summed E-state index contributed by atoms with van der Waals surface area (Å²) in [5.41, 5.74) is 1.67. The van der Waals surface area contributed by atoms with Crippen LogP contribution >= 0.6 is 0 Å². The molecule has 0 saturated carbocycles. The van der Waals surface area contributed by atoms with Gasteiger partial charge in [-0.05, 0) is 45.0 Å². The first-order valence-electron chi connectivity index (χ1n) is 12.5. The highest BCUT2D eigenvalue weighted by molar-refractivity contribution is 5.71. The Hall–Kier alpha value is -4.10. The molecule has 0 saturated heterocycles. The molecule has 0 aromatic heterocycles. The zero-order valence-electron chi connectivity index (χ0n) is 22.4. The highest BCUT2D eigenvalue weighted by Gasteiger charge is 2.15. The molecule has 0 bridgehead atoms. The van der Waals surface area contributed by atoms with Crippen LogP contribution in [-0.2, 0) is 28.5 Å². The number of carbonyl (C=O) groups is 2. The second kappa shape index (κ2) is 17.4. The minimum atomic E-state index is -0.483. The number of nitrogens with zero attached hydrogens (tertiary/aromatic N) is 4. The molecule has 0 heterocycles. The van der Waals surface area contributed by atoms with Crippen LogP contribution in [0.15, 0.2) is 52.7 Å². The first kappa shape index (κ1) is 31.1. The number of non-ortho nitro benzene ring substituents is 1. The number of azo groups is 1. The van der Waals surface area contributed by atoms with Crippen LogP contribution in [0.2, 0.25) is 0 Å². The van der Waals surface area contributed by atoms with E-state index in [0.29, 0.717) is 36.8 Å². The van der Waals surface area contributed by atoms with Crippen molar-refractivity contribution in [2.24, 2.45) is 10.2 Å². The van der Waals surface area contributed by atoms with E-state index in [2.05, 4.69) is 10.2 Å². The number of esters is 2. The van der Waals surface area contributed by atoms with Crippen LogP contribution in [-0.4, -0.2) is 76.2 Å². The predicted molar refractivity (Wildman–Crippen MR) is 142 cm³/mol. The van der Waals surface area contributed by atoms with E-state index in [0.717, 1.165) is 5.69 Å². The topological polar surface area (TPSA) is 151 Å². The van der Waals surface area contributed by atoms with Crippen molar-refractivity contribution in [3.63, 3.8) is 0 Å². The van der Waals surface area contributed by atoms with Gasteiger partial charge in [-0.2, -0.15) is 10.2 Å². The molecule has 0 radical (unpaired) electrons. The summed E-state index contributed by atoms with van der Waals surface area (Å²) < 4.78 is 26.5. The van der Waals surface area contributed by atoms with E-state index in [1.807, 2.05) is 17.9 Å². The smallest absolute Gasteiger partial charge is 0.332 e. The first-order chi connectivity index (χ1) is 18.9. The zero-order chi connectivity index (χ0) is 28.5. The second-order valence-electron chi connectivity index (χ2n) is 7.76. The van der Waals surface area contributed by atoms with E-state index < -0.39 is 16.9 Å². The molecule has 2 aromatic rings.